The van der Waals surface area contributed by atoms with Crippen LogP contribution in [0.5, 0.6) is 5.75 Å². The van der Waals surface area contributed by atoms with Crippen LogP contribution in [-0.4, -0.2) is 67.1 Å². The van der Waals surface area contributed by atoms with E-state index >= 15 is 0 Å². The molecule has 0 radical (unpaired) electrons. The highest BCUT2D eigenvalue weighted by Crippen LogP contribution is 2.21. The molecular formula is C30H32FN3O4. The number of para-hydroxylation sites is 2. The zero-order valence-corrected chi connectivity index (χ0v) is 21.7. The number of carbonyl (C=O) groups excluding carboxylic acids is 2. The van der Waals surface area contributed by atoms with Gasteiger partial charge in [-0.2, -0.15) is 0 Å². The quantitative estimate of drug-likeness (QED) is 0.296. The third-order valence-corrected chi connectivity index (χ3v) is 6.48. The van der Waals surface area contributed by atoms with E-state index in [4.69, 9.17) is 9.47 Å². The summed E-state index contributed by atoms with van der Waals surface area (Å²) in [5.41, 5.74) is 3.31. The first kappa shape index (κ1) is 26.9. The van der Waals surface area contributed by atoms with E-state index in [2.05, 4.69) is 4.98 Å². The Balaban J connectivity index is 1.56. The first-order valence-electron chi connectivity index (χ1n) is 12.5. The number of hydrogen-bond acceptors (Lipinski definition) is 4. The highest BCUT2D eigenvalue weighted by atomic mass is 19.1. The largest absolute Gasteiger partial charge is 0.496 e. The van der Waals surface area contributed by atoms with E-state index in [1.54, 1.807) is 48.4 Å². The molecule has 8 heteroatoms. The minimum absolute atomic E-state index is 0.130. The molecule has 198 valence electrons. The van der Waals surface area contributed by atoms with Gasteiger partial charge in [0, 0.05) is 43.8 Å². The van der Waals surface area contributed by atoms with Crippen LogP contribution < -0.4 is 4.74 Å². The van der Waals surface area contributed by atoms with Gasteiger partial charge in [-0.25, -0.2) is 4.39 Å². The van der Waals surface area contributed by atoms with Crippen molar-refractivity contribution in [2.75, 3.05) is 40.5 Å². The second-order valence-electron chi connectivity index (χ2n) is 8.97. The van der Waals surface area contributed by atoms with Gasteiger partial charge in [0.05, 0.1) is 19.3 Å². The second kappa shape index (κ2) is 12.9. The molecule has 3 aromatic carbocycles. The number of nitrogens with zero attached hydrogens (tertiary/aromatic N) is 2. The molecule has 0 saturated carbocycles. The first-order chi connectivity index (χ1) is 18.5. The Morgan fingerprint density at radius 2 is 1.63 bits per heavy atom. The van der Waals surface area contributed by atoms with Gasteiger partial charge in [0.1, 0.15) is 18.1 Å². The number of aromatic amines is 1. The van der Waals surface area contributed by atoms with E-state index in [-0.39, 0.29) is 37.3 Å². The van der Waals surface area contributed by atoms with Gasteiger partial charge >= 0.3 is 0 Å². The fourth-order valence-electron chi connectivity index (χ4n) is 4.40. The number of carbonyl (C=O) groups is 2. The van der Waals surface area contributed by atoms with Crippen LogP contribution in [0.4, 0.5) is 4.39 Å². The summed E-state index contributed by atoms with van der Waals surface area (Å²) in [6, 6.07) is 21.1. The number of H-pyrrole nitrogens is 1. The van der Waals surface area contributed by atoms with Gasteiger partial charge < -0.3 is 24.3 Å². The molecule has 4 rings (SSSR count). The van der Waals surface area contributed by atoms with Crippen LogP contribution in [0.1, 0.15) is 21.5 Å². The highest BCUT2D eigenvalue weighted by molar-refractivity contribution is 5.98. The van der Waals surface area contributed by atoms with Crippen molar-refractivity contribution in [3.63, 3.8) is 0 Å². The zero-order valence-electron chi connectivity index (χ0n) is 21.7. The summed E-state index contributed by atoms with van der Waals surface area (Å²) in [4.78, 5) is 33.6. The lowest BCUT2D eigenvalue weighted by Crippen LogP contribution is -2.44. The Bertz CT molecular complexity index is 1370. The maximum Gasteiger partial charge on any atom is 0.258 e. The van der Waals surface area contributed by atoms with Crippen molar-refractivity contribution < 1.29 is 23.5 Å². The molecule has 4 aromatic rings. The predicted molar refractivity (Wildman–Crippen MR) is 145 cm³/mol. The van der Waals surface area contributed by atoms with Gasteiger partial charge in [-0.15, -0.1) is 0 Å². The summed E-state index contributed by atoms with van der Waals surface area (Å²) in [5.74, 6) is -0.423. The fourth-order valence-corrected chi connectivity index (χ4v) is 4.40. The van der Waals surface area contributed by atoms with E-state index < -0.39 is 0 Å². The van der Waals surface area contributed by atoms with Crippen LogP contribution in [0.2, 0.25) is 0 Å². The van der Waals surface area contributed by atoms with Gasteiger partial charge in [-0.05, 0) is 47.9 Å². The molecule has 0 saturated heterocycles. The van der Waals surface area contributed by atoms with E-state index in [0.717, 1.165) is 22.0 Å². The summed E-state index contributed by atoms with van der Waals surface area (Å²) >= 11 is 0. The molecule has 1 aromatic heterocycles. The Kier molecular flexibility index (Phi) is 9.11. The molecule has 1 heterocycles. The number of ether oxygens (including phenoxy) is 2. The summed E-state index contributed by atoms with van der Waals surface area (Å²) in [6.07, 6.45) is 2.58. The Morgan fingerprint density at radius 3 is 2.39 bits per heavy atom. The van der Waals surface area contributed by atoms with Crippen molar-refractivity contribution in [3.05, 3.63) is 102 Å². The Morgan fingerprint density at radius 1 is 0.895 bits per heavy atom. The van der Waals surface area contributed by atoms with Crippen LogP contribution in [0.25, 0.3) is 10.9 Å². The number of fused-ring (bicyclic) bond motifs is 1. The van der Waals surface area contributed by atoms with Crippen LogP contribution in [0.15, 0.2) is 79.0 Å². The molecule has 2 amide bonds. The van der Waals surface area contributed by atoms with Crippen molar-refractivity contribution in [1.82, 2.24) is 14.8 Å². The van der Waals surface area contributed by atoms with Crippen LogP contribution in [-0.2, 0) is 22.5 Å². The monoisotopic (exact) mass is 517 g/mol. The number of rotatable bonds is 12. The smallest absolute Gasteiger partial charge is 0.258 e. The maximum atomic E-state index is 13.7. The van der Waals surface area contributed by atoms with Crippen LogP contribution >= 0.6 is 0 Å². The molecule has 0 aliphatic rings. The molecule has 1 N–H and O–H groups in total. The van der Waals surface area contributed by atoms with Gasteiger partial charge in [-0.1, -0.05) is 42.5 Å². The molecular weight excluding hydrogens is 485 g/mol. The minimum Gasteiger partial charge on any atom is -0.496 e. The number of halogens is 1. The number of hydrogen-bond donors (Lipinski definition) is 1. The normalized spacial score (nSPS) is 10.9. The molecule has 0 fully saturated rings. The van der Waals surface area contributed by atoms with Crippen molar-refractivity contribution >= 4 is 22.7 Å². The van der Waals surface area contributed by atoms with Crippen LogP contribution in [0.3, 0.4) is 0 Å². The first-order valence-corrected chi connectivity index (χ1v) is 12.5. The molecule has 38 heavy (non-hydrogen) atoms. The standard InChI is InChI=1S/C30H32FN3O4/c1-37-18-17-34(30(36)26-8-4-6-10-28(26)38-2)21-29(35)33(20-22-11-13-24(31)14-12-22)16-15-23-19-32-27-9-5-3-7-25(23)27/h3-14,19,32H,15-18,20-21H2,1-2H3. The number of methoxy groups -OCH3 is 2. The Hall–Kier alpha value is -4.17. The highest BCUT2D eigenvalue weighted by Gasteiger charge is 2.24. The predicted octanol–water partition coefficient (Wildman–Crippen LogP) is 4.68. The fraction of sp³-hybridized carbons (Fsp3) is 0.267. The van der Waals surface area contributed by atoms with E-state index in [9.17, 15) is 14.0 Å². The van der Waals surface area contributed by atoms with Crippen molar-refractivity contribution in [2.45, 2.75) is 13.0 Å². The van der Waals surface area contributed by atoms with Crippen molar-refractivity contribution in [1.29, 1.82) is 0 Å². The van der Waals surface area contributed by atoms with E-state index in [0.29, 0.717) is 30.8 Å². The molecule has 0 bridgehead atoms. The van der Waals surface area contributed by atoms with E-state index in [1.807, 2.05) is 30.5 Å². The second-order valence-corrected chi connectivity index (χ2v) is 8.97. The number of nitrogens with one attached hydrogen (secondary N) is 1. The molecule has 0 unspecified atom stereocenters. The Labute approximate surface area is 221 Å². The average Bonchev–Trinajstić information content (AvgIpc) is 3.36. The average molecular weight is 518 g/mol. The molecule has 0 atom stereocenters. The van der Waals surface area contributed by atoms with Crippen molar-refractivity contribution in [3.8, 4) is 5.75 Å². The number of benzene rings is 3. The summed E-state index contributed by atoms with van der Waals surface area (Å²) in [7, 11) is 3.06. The lowest BCUT2D eigenvalue weighted by Gasteiger charge is -2.28. The summed E-state index contributed by atoms with van der Waals surface area (Å²) in [6.45, 7) is 1.12. The topological polar surface area (TPSA) is 74.9 Å². The number of amides is 2. The molecule has 0 spiro atoms. The van der Waals surface area contributed by atoms with Gasteiger partial charge in [0.15, 0.2) is 0 Å². The number of aromatic nitrogens is 1. The summed E-state index contributed by atoms with van der Waals surface area (Å²) in [5, 5.41) is 1.11. The lowest BCUT2D eigenvalue weighted by molar-refractivity contribution is -0.132. The maximum absolute atomic E-state index is 13.7. The van der Waals surface area contributed by atoms with Crippen LogP contribution in [0, 0.1) is 5.82 Å². The third kappa shape index (κ3) is 6.58. The van der Waals surface area contributed by atoms with Gasteiger partial charge in [0.25, 0.3) is 5.91 Å². The third-order valence-electron chi connectivity index (χ3n) is 6.48. The molecule has 7 nitrogen and oxygen atoms in total. The summed E-state index contributed by atoms with van der Waals surface area (Å²) < 4.78 is 24.1. The van der Waals surface area contributed by atoms with E-state index in [1.165, 1.54) is 24.1 Å². The molecule has 0 aliphatic carbocycles. The lowest BCUT2D eigenvalue weighted by atomic mass is 10.1. The van der Waals surface area contributed by atoms with Gasteiger partial charge in [-0.3, -0.25) is 9.59 Å². The van der Waals surface area contributed by atoms with Crippen molar-refractivity contribution in [2.24, 2.45) is 0 Å². The minimum atomic E-state index is -0.335. The van der Waals surface area contributed by atoms with Gasteiger partial charge in [0.2, 0.25) is 5.91 Å². The molecule has 0 aliphatic heterocycles. The SMILES string of the molecule is COCCN(CC(=O)N(CCc1c[nH]c2ccccc12)Cc1ccc(F)cc1)C(=O)c1ccccc1OC. The zero-order chi connectivity index (χ0) is 26.9.